The number of ketones is 1. The van der Waals surface area contributed by atoms with Crippen LogP contribution in [0, 0.1) is 0 Å². The van der Waals surface area contributed by atoms with Crippen molar-refractivity contribution >= 4 is 28.8 Å². The number of aromatic nitrogens is 1. The molecule has 0 saturated carbocycles. The maximum atomic E-state index is 13.3. The molecule has 152 valence electrons. The van der Waals surface area contributed by atoms with Gasteiger partial charge in [-0.2, -0.15) is 0 Å². The Kier molecular flexibility index (Phi) is 4.89. The molecule has 30 heavy (non-hydrogen) atoms. The fourth-order valence-corrected chi connectivity index (χ4v) is 3.57. The second kappa shape index (κ2) is 7.40. The highest BCUT2D eigenvalue weighted by atomic mass is 16.1. The predicted molar refractivity (Wildman–Crippen MR) is 122 cm³/mol. The van der Waals surface area contributed by atoms with Crippen LogP contribution in [0.3, 0.4) is 0 Å². The number of hydrogen-bond acceptors (Lipinski definition) is 5. The topological polar surface area (TPSA) is 114 Å². The molecule has 0 aliphatic heterocycles. The van der Waals surface area contributed by atoms with Gasteiger partial charge in [-0.15, -0.1) is 0 Å². The van der Waals surface area contributed by atoms with Crippen molar-refractivity contribution in [2.75, 3.05) is 7.05 Å². The molecule has 2 aromatic rings. The molecule has 0 fully saturated rings. The number of H-pyrrole nitrogens is 1. The van der Waals surface area contributed by atoms with Gasteiger partial charge in [0.2, 0.25) is 0 Å². The third-order valence-electron chi connectivity index (χ3n) is 5.32. The number of pyridine rings is 1. The lowest BCUT2D eigenvalue weighted by atomic mass is 9.98. The van der Waals surface area contributed by atoms with Crippen molar-refractivity contribution in [1.82, 2.24) is 10.3 Å². The highest BCUT2D eigenvalue weighted by Gasteiger charge is 2.20. The summed E-state index contributed by atoms with van der Waals surface area (Å²) in [6.45, 7) is 1.86. The molecule has 1 aromatic heterocycles. The molecule has 2 aliphatic rings. The number of allylic oxidation sites excluding steroid dienone is 3. The average Bonchev–Trinajstić information content (AvgIpc) is 3.00. The number of nitrogens with two attached hydrogens (primary N) is 2. The third-order valence-corrected chi connectivity index (χ3v) is 5.32. The van der Waals surface area contributed by atoms with Gasteiger partial charge in [-0.3, -0.25) is 9.59 Å². The normalized spacial score (nSPS) is 22.7. The van der Waals surface area contributed by atoms with E-state index in [0.29, 0.717) is 39.0 Å². The van der Waals surface area contributed by atoms with Crippen LogP contribution in [0.1, 0.15) is 28.5 Å². The lowest BCUT2D eigenvalue weighted by Gasteiger charge is -2.12. The largest absolute Gasteiger partial charge is 0.388 e. The van der Waals surface area contributed by atoms with E-state index in [2.05, 4.69) is 10.3 Å². The van der Waals surface area contributed by atoms with Crippen molar-refractivity contribution in [3.05, 3.63) is 93.0 Å². The van der Waals surface area contributed by atoms with Crippen LogP contribution >= 0.6 is 0 Å². The van der Waals surface area contributed by atoms with Crippen molar-refractivity contribution in [1.29, 1.82) is 0 Å². The molecule has 6 N–H and O–H groups in total. The van der Waals surface area contributed by atoms with Gasteiger partial charge in [0.05, 0.1) is 11.1 Å². The molecule has 1 aromatic carbocycles. The first-order valence-electron chi connectivity index (χ1n) is 9.75. The van der Waals surface area contributed by atoms with Crippen LogP contribution in [0.4, 0.5) is 0 Å². The summed E-state index contributed by atoms with van der Waals surface area (Å²) < 4.78 is 0. The first-order valence-corrected chi connectivity index (χ1v) is 9.75. The molecule has 6 nitrogen and oxygen atoms in total. The Morgan fingerprint density at radius 1 is 1.13 bits per heavy atom. The van der Waals surface area contributed by atoms with E-state index in [4.69, 9.17) is 11.5 Å². The molecule has 2 unspecified atom stereocenters. The minimum Gasteiger partial charge on any atom is -0.388 e. The first-order chi connectivity index (χ1) is 14.3. The molecule has 1 heterocycles. The van der Waals surface area contributed by atoms with E-state index >= 15 is 0 Å². The molecule has 2 aliphatic carbocycles. The maximum Gasteiger partial charge on any atom is 0.197 e. The number of nitrogens with one attached hydrogen (secondary N) is 2. The Morgan fingerprint density at radius 2 is 1.87 bits per heavy atom. The zero-order chi connectivity index (χ0) is 21.5. The summed E-state index contributed by atoms with van der Waals surface area (Å²) in [5.74, 6) is -0.159. The summed E-state index contributed by atoms with van der Waals surface area (Å²) in [4.78, 5) is 29.5. The zero-order valence-electron chi connectivity index (χ0n) is 16.9. The number of carbonyl (C=O) groups is 1. The summed E-state index contributed by atoms with van der Waals surface area (Å²) in [6, 6.07) is 4.83. The number of benzene rings is 1. The van der Waals surface area contributed by atoms with E-state index in [-0.39, 0.29) is 17.3 Å². The van der Waals surface area contributed by atoms with Crippen molar-refractivity contribution < 1.29 is 4.79 Å². The smallest absolute Gasteiger partial charge is 0.197 e. The summed E-state index contributed by atoms with van der Waals surface area (Å²) in [5, 5.41) is 3.58. The van der Waals surface area contributed by atoms with E-state index < -0.39 is 5.54 Å². The van der Waals surface area contributed by atoms with Gasteiger partial charge in [0.1, 0.15) is 0 Å². The lowest BCUT2D eigenvalue weighted by Crippen LogP contribution is -2.30. The average molecular weight is 400 g/mol. The molecule has 0 amide bonds. The molecular formula is C24H24N4O2. The fourth-order valence-electron chi connectivity index (χ4n) is 3.57. The van der Waals surface area contributed by atoms with Gasteiger partial charge in [0.15, 0.2) is 11.2 Å². The monoisotopic (exact) mass is 400 g/mol. The van der Waals surface area contributed by atoms with Crippen LogP contribution in [0.5, 0.6) is 0 Å². The van der Waals surface area contributed by atoms with Crippen LogP contribution in [0.25, 0.3) is 23.1 Å². The van der Waals surface area contributed by atoms with Crippen molar-refractivity contribution in [3.8, 4) is 0 Å². The molecule has 4 rings (SSSR count). The van der Waals surface area contributed by atoms with Crippen LogP contribution in [0.2, 0.25) is 0 Å². The summed E-state index contributed by atoms with van der Waals surface area (Å²) in [6.07, 6.45) is 14.3. The number of Topliss-reactive ketones (excluding diaryl/α,β-unsaturated/α-hetero) is 1. The highest BCUT2D eigenvalue weighted by Crippen LogP contribution is 2.23. The SMILES string of the molecule is CNC1=C(C(=O)c2ccc3c(=O)c4c([nH]c3c2)C=CC(N)C=C4)C=CC(C)(N)C=C1. The van der Waals surface area contributed by atoms with Gasteiger partial charge < -0.3 is 21.8 Å². The fraction of sp³-hybridized carbons (Fsp3) is 0.167. The van der Waals surface area contributed by atoms with E-state index in [1.807, 2.05) is 25.2 Å². The third kappa shape index (κ3) is 3.58. The van der Waals surface area contributed by atoms with Crippen LogP contribution in [-0.4, -0.2) is 29.4 Å². The molecule has 0 radical (unpaired) electrons. The molecule has 0 spiro atoms. The second-order valence-corrected chi connectivity index (χ2v) is 7.78. The van der Waals surface area contributed by atoms with E-state index in [1.54, 1.807) is 55.6 Å². The van der Waals surface area contributed by atoms with Crippen LogP contribution < -0.4 is 22.2 Å². The summed E-state index contributed by atoms with van der Waals surface area (Å²) >= 11 is 0. The summed E-state index contributed by atoms with van der Waals surface area (Å²) in [5.41, 5.74) is 14.9. The number of aromatic amines is 1. The highest BCUT2D eigenvalue weighted by molar-refractivity contribution is 6.12. The van der Waals surface area contributed by atoms with Gasteiger partial charge >= 0.3 is 0 Å². The van der Waals surface area contributed by atoms with Gasteiger partial charge in [0, 0.05) is 46.6 Å². The molecular weight excluding hydrogens is 376 g/mol. The van der Waals surface area contributed by atoms with Crippen LogP contribution in [0.15, 0.2) is 70.7 Å². The van der Waals surface area contributed by atoms with Crippen molar-refractivity contribution in [2.24, 2.45) is 11.5 Å². The van der Waals surface area contributed by atoms with Crippen molar-refractivity contribution in [3.63, 3.8) is 0 Å². The first kappa shape index (κ1) is 19.8. The number of fused-ring (bicyclic) bond motifs is 2. The Bertz CT molecular complexity index is 1260. The Labute approximate surface area is 174 Å². The minimum atomic E-state index is -0.642. The van der Waals surface area contributed by atoms with Gasteiger partial charge in [-0.25, -0.2) is 0 Å². The van der Waals surface area contributed by atoms with E-state index in [0.717, 1.165) is 0 Å². The lowest BCUT2D eigenvalue weighted by molar-refractivity contribution is 0.103. The van der Waals surface area contributed by atoms with Crippen molar-refractivity contribution in [2.45, 2.75) is 18.5 Å². The predicted octanol–water partition coefficient (Wildman–Crippen LogP) is 2.40. The zero-order valence-corrected chi connectivity index (χ0v) is 16.9. The van der Waals surface area contributed by atoms with E-state index in [1.165, 1.54) is 0 Å². The van der Waals surface area contributed by atoms with Gasteiger partial charge in [-0.1, -0.05) is 42.5 Å². The van der Waals surface area contributed by atoms with E-state index in [9.17, 15) is 9.59 Å². The Morgan fingerprint density at radius 3 is 2.63 bits per heavy atom. The number of hydrogen-bond donors (Lipinski definition) is 4. The van der Waals surface area contributed by atoms with Crippen LogP contribution in [-0.2, 0) is 0 Å². The molecule has 2 atom stereocenters. The molecule has 0 bridgehead atoms. The minimum absolute atomic E-state index is 0.0981. The Hall–Kier alpha value is -3.48. The van der Waals surface area contributed by atoms with Gasteiger partial charge in [-0.05, 0) is 31.2 Å². The number of carbonyl (C=O) groups excluding carboxylic acids is 1. The second-order valence-electron chi connectivity index (χ2n) is 7.78. The number of likely N-dealkylation sites (N-methyl/N-ethyl adjacent to an activating group) is 1. The van der Waals surface area contributed by atoms with Gasteiger partial charge in [0.25, 0.3) is 0 Å². The Balaban J connectivity index is 1.83. The molecule has 0 saturated heterocycles. The standard InChI is InChI=1S/C24H24N4O2/c1-24(26)11-9-18(19(27-2)10-12-24)22(29)14-3-6-17-21(13-14)28-20-8-5-15(25)4-7-16(20)23(17)30/h3-13,15,27H,25-26H2,1-2H3,(H,28,30). The number of rotatable bonds is 3. The maximum absolute atomic E-state index is 13.3. The molecule has 6 heteroatoms. The summed E-state index contributed by atoms with van der Waals surface area (Å²) in [7, 11) is 1.76. The quantitative estimate of drug-likeness (QED) is 0.591.